The fourth-order valence-electron chi connectivity index (χ4n) is 1.89. The van der Waals surface area contributed by atoms with Gasteiger partial charge in [0, 0.05) is 28.5 Å². The minimum atomic E-state index is -0.399. The summed E-state index contributed by atoms with van der Waals surface area (Å²) in [5, 5.41) is 4.59. The van der Waals surface area contributed by atoms with Crippen molar-refractivity contribution in [3.63, 3.8) is 0 Å². The molecule has 2 aromatic heterocycles. The fraction of sp³-hybridized carbons (Fsp3) is 0. The van der Waals surface area contributed by atoms with Crippen LogP contribution in [0, 0.1) is 5.82 Å². The summed E-state index contributed by atoms with van der Waals surface area (Å²) in [6.45, 7) is 0. The van der Waals surface area contributed by atoms with Crippen LogP contribution >= 0.6 is 27.5 Å². The monoisotopic (exact) mass is 366 g/mol. The van der Waals surface area contributed by atoms with Crippen molar-refractivity contribution in [2.75, 3.05) is 5.73 Å². The van der Waals surface area contributed by atoms with Crippen molar-refractivity contribution in [2.24, 2.45) is 4.99 Å². The second-order valence-electron chi connectivity index (χ2n) is 4.36. The molecule has 2 heterocycles. The van der Waals surface area contributed by atoms with Crippen molar-refractivity contribution < 1.29 is 4.39 Å². The van der Waals surface area contributed by atoms with Crippen LogP contribution in [0.25, 0.3) is 5.52 Å². The van der Waals surface area contributed by atoms with Gasteiger partial charge < -0.3 is 5.73 Å². The number of hydrogen-bond donors (Lipinski definition) is 1. The molecule has 0 spiro atoms. The van der Waals surface area contributed by atoms with Crippen LogP contribution in [0.15, 0.2) is 46.1 Å². The van der Waals surface area contributed by atoms with E-state index in [0.717, 1.165) is 9.99 Å². The molecule has 0 atom stereocenters. The molecule has 0 bridgehead atoms. The van der Waals surface area contributed by atoms with E-state index in [-0.39, 0.29) is 0 Å². The lowest BCUT2D eigenvalue weighted by atomic mass is 10.2. The molecule has 7 heteroatoms. The van der Waals surface area contributed by atoms with Crippen molar-refractivity contribution in [2.45, 2.75) is 0 Å². The molecule has 3 rings (SSSR count). The van der Waals surface area contributed by atoms with Gasteiger partial charge in [0.15, 0.2) is 0 Å². The van der Waals surface area contributed by atoms with Crippen molar-refractivity contribution in [1.82, 2.24) is 9.61 Å². The highest BCUT2D eigenvalue weighted by Crippen LogP contribution is 2.26. The number of aromatic nitrogens is 2. The molecule has 0 fully saturated rings. The van der Waals surface area contributed by atoms with Crippen molar-refractivity contribution in [3.05, 3.63) is 57.5 Å². The second-order valence-corrected chi connectivity index (χ2v) is 5.68. The van der Waals surface area contributed by atoms with Crippen LogP contribution in [-0.2, 0) is 0 Å². The lowest BCUT2D eigenvalue weighted by molar-refractivity contribution is 0.628. The van der Waals surface area contributed by atoms with Gasteiger partial charge in [-0.1, -0.05) is 11.6 Å². The maximum absolute atomic E-state index is 13.2. The van der Waals surface area contributed by atoms with Crippen molar-refractivity contribution >= 4 is 50.6 Å². The maximum atomic E-state index is 13.2. The molecule has 2 N–H and O–H groups in total. The summed E-state index contributed by atoms with van der Waals surface area (Å²) in [5.74, 6) is -0.399. The Hall–Kier alpha value is -1.92. The van der Waals surface area contributed by atoms with Crippen LogP contribution in [-0.4, -0.2) is 15.8 Å². The summed E-state index contributed by atoms with van der Waals surface area (Å²) in [7, 11) is 0. The summed E-state index contributed by atoms with van der Waals surface area (Å²) < 4.78 is 15.7. The standard InChI is InChI=1S/C14H9BrClFN4/c15-9-3-13-14(18)8(6-20-21(13)7-9)5-19-12-4-10(17)1-2-11(12)16/h1-7H,18H2. The van der Waals surface area contributed by atoms with E-state index in [9.17, 15) is 4.39 Å². The Morgan fingerprint density at radius 2 is 2.19 bits per heavy atom. The van der Waals surface area contributed by atoms with E-state index in [0.29, 0.717) is 22.0 Å². The third-order valence-corrected chi connectivity index (χ3v) is 3.68. The predicted molar refractivity (Wildman–Crippen MR) is 86.0 cm³/mol. The molecule has 4 nitrogen and oxygen atoms in total. The summed E-state index contributed by atoms with van der Waals surface area (Å²) in [5.41, 5.74) is 8.35. The van der Waals surface area contributed by atoms with E-state index >= 15 is 0 Å². The van der Waals surface area contributed by atoms with E-state index in [2.05, 4.69) is 26.0 Å². The first-order valence-electron chi connectivity index (χ1n) is 5.96. The van der Waals surface area contributed by atoms with Gasteiger partial charge in [0.1, 0.15) is 5.82 Å². The predicted octanol–water partition coefficient (Wildman–Crippen LogP) is 4.22. The van der Waals surface area contributed by atoms with E-state index in [4.69, 9.17) is 17.3 Å². The lowest BCUT2D eigenvalue weighted by Crippen LogP contribution is -2.00. The number of halogens is 3. The molecule has 0 unspecified atom stereocenters. The lowest BCUT2D eigenvalue weighted by Gasteiger charge is -2.03. The maximum Gasteiger partial charge on any atom is 0.125 e. The number of benzene rings is 1. The number of nitrogen functional groups attached to an aromatic ring is 1. The van der Waals surface area contributed by atoms with E-state index < -0.39 is 5.82 Å². The number of fused-ring (bicyclic) bond motifs is 1. The molecule has 1 aromatic carbocycles. The molecule has 0 aliphatic heterocycles. The van der Waals surface area contributed by atoms with Gasteiger partial charge in [0.05, 0.1) is 28.1 Å². The Morgan fingerprint density at radius 1 is 1.38 bits per heavy atom. The highest BCUT2D eigenvalue weighted by molar-refractivity contribution is 9.10. The van der Waals surface area contributed by atoms with Crippen LogP contribution in [0.4, 0.5) is 15.8 Å². The highest BCUT2D eigenvalue weighted by atomic mass is 79.9. The van der Waals surface area contributed by atoms with Crippen LogP contribution in [0.3, 0.4) is 0 Å². The van der Waals surface area contributed by atoms with Gasteiger partial charge in [-0.25, -0.2) is 8.91 Å². The van der Waals surface area contributed by atoms with E-state index in [1.54, 1.807) is 16.9 Å². The molecule has 106 valence electrons. The zero-order chi connectivity index (χ0) is 15.0. The Bertz CT molecular complexity index is 860. The Kier molecular flexibility index (Phi) is 3.65. The van der Waals surface area contributed by atoms with Gasteiger partial charge in [0.2, 0.25) is 0 Å². The molecular weight excluding hydrogens is 359 g/mol. The number of nitrogens with two attached hydrogens (primary N) is 1. The summed E-state index contributed by atoms with van der Waals surface area (Å²) in [4.78, 5) is 4.17. The topological polar surface area (TPSA) is 55.7 Å². The molecule has 0 aliphatic rings. The van der Waals surface area contributed by atoms with Gasteiger partial charge >= 0.3 is 0 Å². The first kappa shape index (κ1) is 14.0. The van der Waals surface area contributed by atoms with Crippen LogP contribution < -0.4 is 5.73 Å². The normalized spacial score (nSPS) is 11.6. The zero-order valence-corrected chi connectivity index (χ0v) is 12.9. The molecule has 0 amide bonds. The Labute approximate surface area is 133 Å². The number of rotatable bonds is 2. The minimum Gasteiger partial charge on any atom is -0.396 e. The summed E-state index contributed by atoms with van der Waals surface area (Å²) in [6.07, 6.45) is 4.91. The molecule has 0 saturated heterocycles. The van der Waals surface area contributed by atoms with Gasteiger partial charge in [-0.3, -0.25) is 4.99 Å². The van der Waals surface area contributed by atoms with Crippen LogP contribution in [0.1, 0.15) is 5.56 Å². The van der Waals surface area contributed by atoms with Gasteiger partial charge in [-0.15, -0.1) is 0 Å². The van der Waals surface area contributed by atoms with Crippen LogP contribution in [0.2, 0.25) is 5.02 Å². The first-order valence-corrected chi connectivity index (χ1v) is 7.13. The highest BCUT2D eigenvalue weighted by Gasteiger charge is 2.06. The molecule has 0 aliphatic carbocycles. The summed E-state index contributed by atoms with van der Waals surface area (Å²) in [6, 6.07) is 5.85. The Morgan fingerprint density at radius 3 is 3.00 bits per heavy atom. The van der Waals surface area contributed by atoms with Gasteiger partial charge in [-0.2, -0.15) is 5.10 Å². The number of aliphatic imine (C=N–C) groups is 1. The smallest absolute Gasteiger partial charge is 0.125 e. The summed E-state index contributed by atoms with van der Waals surface area (Å²) >= 11 is 9.33. The van der Waals surface area contributed by atoms with E-state index in [1.165, 1.54) is 24.4 Å². The number of nitrogens with zero attached hydrogens (tertiary/aromatic N) is 3. The van der Waals surface area contributed by atoms with Crippen LogP contribution in [0.5, 0.6) is 0 Å². The fourth-order valence-corrected chi connectivity index (χ4v) is 2.46. The molecular formula is C14H9BrClFN4. The quantitative estimate of drug-likeness (QED) is 0.689. The first-order chi connectivity index (χ1) is 10.0. The van der Waals surface area contributed by atoms with Crippen molar-refractivity contribution in [1.29, 1.82) is 0 Å². The zero-order valence-electron chi connectivity index (χ0n) is 10.6. The average molecular weight is 368 g/mol. The molecule has 0 radical (unpaired) electrons. The third kappa shape index (κ3) is 2.77. The third-order valence-electron chi connectivity index (χ3n) is 2.93. The number of hydrogen-bond acceptors (Lipinski definition) is 3. The number of anilines is 1. The molecule has 21 heavy (non-hydrogen) atoms. The minimum absolute atomic E-state index is 0.340. The van der Waals surface area contributed by atoms with Gasteiger partial charge in [0.25, 0.3) is 0 Å². The Balaban J connectivity index is 2.03. The molecule has 3 aromatic rings. The van der Waals surface area contributed by atoms with Gasteiger partial charge in [-0.05, 0) is 34.1 Å². The average Bonchev–Trinajstić information content (AvgIpc) is 2.83. The van der Waals surface area contributed by atoms with Crippen molar-refractivity contribution in [3.8, 4) is 0 Å². The largest absolute Gasteiger partial charge is 0.396 e. The molecule has 0 saturated carbocycles. The SMILES string of the molecule is Nc1c(C=Nc2cc(F)ccc2Cl)cnn2cc(Br)cc12. The second kappa shape index (κ2) is 5.46. The van der Waals surface area contributed by atoms with E-state index in [1.807, 2.05) is 6.07 Å².